The topological polar surface area (TPSA) is 230 Å². The fourth-order valence-electron chi connectivity index (χ4n) is 7.31. The van der Waals surface area contributed by atoms with E-state index in [0.29, 0.717) is 93.9 Å². The molecule has 0 bridgehead atoms. The molecule has 17 nitrogen and oxygen atoms in total. The number of rotatable bonds is 22. The Balaban J connectivity index is 0.737. The SMILES string of the molecule is Nc1c(C(=O)Nc2ccc(F)cc2)sc2nc(-c3ccc(OCC(=O)NCCCOCCOCCOCCCNc4cccc5c4C(=O)N(C4CCC(=O)NC4=O)C5=O)cc3)cc(C(F)(F)F)c12. The lowest BCUT2D eigenvalue weighted by Crippen LogP contribution is -2.54. The summed E-state index contributed by atoms with van der Waals surface area (Å²) in [4.78, 5) is 80.5. The number of imide groups is 2. The number of piperidine rings is 1. The second-order valence-electron chi connectivity index (χ2n) is 15.3. The zero-order valence-corrected chi connectivity index (χ0v) is 37.0. The number of ether oxygens (including phenoxy) is 4. The van der Waals surface area contributed by atoms with E-state index < -0.39 is 64.4 Å². The van der Waals surface area contributed by atoms with Crippen LogP contribution in [0.25, 0.3) is 21.5 Å². The average molecular weight is 964 g/mol. The Morgan fingerprint density at radius 2 is 1.54 bits per heavy atom. The highest BCUT2D eigenvalue weighted by molar-refractivity contribution is 7.21. The summed E-state index contributed by atoms with van der Waals surface area (Å²) in [5.74, 6) is -3.66. The number of nitrogens with zero attached hydrogens (tertiary/aromatic N) is 2. The van der Waals surface area contributed by atoms with E-state index in [2.05, 4.69) is 26.3 Å². The molecule has 2 aliphatic rings. The predicted octanol–water partition coefficient (Wildman–Crippen LogP) is 5.79. The molecule has 3 aromatic carbocycles. The van der Waals surface area contributed by atoms with Crippen molar-refractivity contribution in [3.8, 4) is 17.0 Å². The van der Waals surface area contributed by atoms with Crippen molar-refractivity contribution in [2.45, 2.75) is 37.9 Å². The summed E-state index contributed by atoms with van der Waals surface area (Å²) in [5.41, 5.74) is 6.01. The molecule has 0 saturated carbocycles. The minimum absolute atomic E-state index is 0.0273. The molecule has 6 N–H and O–H groups in total. The first kappa shape index (κ1) is 48.9. The molecule has 2 aliphatic heterocycles. The lowest BCUT2D eigenvalue weighted by molar-refractivity contribution is -0.137. The van der Waals surface area contributed by atoms with Crippen LogP contribution in [0, 0.1) is 5.82 Å². The molecule has 7 rings (SSSR count). The number of amides is 6. The molecule has 5 aromatic rings. The van der Waals surface area contributed by atoms with Crippen LogP contribution >= 0.6 is 11.3 Å². The molecule has 358 valence electrons. The largest absolute Gasteiger partial charge is 0.484 e. The summed E-state index contributed by atoms with van der Waals surface area (Å²) in [6.45, 7) is 2.60. The number of pyridine rings is 1. The summed E-state index contributed by atoms with van der Waals surface area (Å²) >= 11 is 0.696. The van der Waals surface area contributed by atoms with Gasteiger partial charge in [0.25, 0.3) is 23.6 Å². The molecular weight excluding hydrogens is 919 g/mol. The number of nitrogens with one attached hydrogen (secondary N) is 4. The van der Waals surface area contributed by atoms with Gasteiger partial charge in [0.15, 0.2) is 6.61 Å². The summed E-state index contributed by atoms with van der Waals surface area (Å²) < 4.78 is 78.4. The van der Waals surface area contributed by atoms with E-state index in [-0.39, 0.29) is 57.4 Å². The van der Waals surface area contributed by atoms with Crippen molar-refractivity contribution in [2.24, 2.45) is 0 Å². The van der Waals surface area contributed by atoms with Gasteiger partial charge in [-0.1, -0.05) is 6.07 Å². The van der Waals surface area contributed by atoms with Crippen molar-refractivity contribution >= 4 is 74.1 Å². The van der Waals surface area contributed by atoms with Crippen LogP contribution in [0.15, 0.2) is 72.8 Å². The van der Waals surface area contributed by atoms with Crippen LogP contribution in [0.5, 0.6) is 5.75 Å². The number of nitrogens with two attached hydrogens (primary N) is 1. The number of alkyl halides is 3. The van der Waals surface area contributed by atoms with E-state index in [0.717, 1.165) is 23.1 Å². The van der Waals surface area contributed by atoms with Gasteiger partial charge in [0.2, 0.25) is 11.8 Å². The number of aromatic nitrogens is 1. The van der Waals surface area contributed by atoms with Gasteiger partial charge in [0.1, 0.15) is 27.3 Å². The van der Waals surface area contributed by atoms with Crippen molar-refractivity contribution in [3.63, 3.8) is 0 Å². The lowest BCUT2D eigenvalue weighted by Gasteiger charge is -2.27. The van der Waals surface area contributed by atoms with Crippen LogP contribution in [0.4, 0.5) is 34.6 Å². The van der Waals surface area contributed by atoms with Crippen molar-refractivity contribution in [1.82, 2.24) is 20.5 Å². The number of carbonyl (C=O) groups excluding carboxylic acids is 6. The monoisotopic (exact) mass is 963 g/mol. The zero-order valence-electron chi connectivity index (χ0n) is 36.2. The van der Waals surface area contributed by atoms with Gasteiger partial charge in [0.05, 0.1) is 54.5 Å². The first-order valence-corrected chi connectivity index (χ1v) is 22.2. The minimum atomic E-state index is -4.83. The number of hydrogen-bond acceptors (Lipinski definition) is 14. The Morgan fingerprint density at radius 1 is 0.868 bits per heavy atom. The molecule has 2 aromatic heterocycles. The number of anilines is 3. The predicted molar refractivity (Wildman–Crippen MR) is 241 cm³/mol. The summed E-state index contributed by atoms with van der Waals surface area (Å²) in [7, 11) is 0. The molecule has 0 spiro atoms. The van der Waals surface area contributed by atoms with Crippen LogP contribution in [0.3, 0.4) is 0 Å². The van der Waals surface area contributed by atoms with Gasteiger partial charge in [-0.2, -0.15) is 13.2 Å². The first-order chi connectivity index (χ1) is 32.7. The highest BCUT2D eigenvalue weighted by atomic mass is 32.1. The van der Waals surface area contributed by atoms with Gasteiger partial charge in [-0.3, -0.25) is 39.0 Å². The number of hydrogen-bond donors (Lipinski definition) is 5. The fourth-order valence-corrected chi connectivity index (χ4v) is 8.32. The van der Waals surface area contributed by atoms with Crippen molar-refractivity contribution in [1.29, 1.82) is 0 Å². The molecular formula is C46H45F4N7O10S. The zero-order chi connectivity index (χ0) is 48.4. The number of benzene rings is 3. The van der Waals surface area contributed by atoms with Gasteiger partial charge in [-0.25, -0.2) is 9.37 Å². The third kappa shape index (κ3) is 11.9. The first-order valence-electron chi connectivity index (χ1n) is 21.4. The smallest absolute Gasteiger partial charge is 0.417 e. The maximum atomic E-state index is 14.3. The quantitative estimate of drug-likeness (QED) is 0.0315. The van der Waals surface area contributed by atoms with Crippen LogP contribution in [0.2, 0.25) is 0 Å². The Morgan fingerprint density at radius 3 is 2.22 bits per heavy atom. The molecule has 1 atom stereocenters. The Labute approximate surface area is 389 Å². The maximum absolute atomic E-state index is 14.3. The van der Waals surface area contributed by atoms with Crippen LogP contribution in [0.1, 0.15) is 61.6 Å². The normalized spacial score (nSPS) is 14.8. The van der Waals surface area contributed by atoms with Gasteiger partial charge in [0, 0.05) is 55.0 Å². The molecule has 1 saturated heterocycles. The van der Waals surface area contributed by atoms with Crippen molar-refractivity contribution in [3.05, 3.63) is 100 Å². The lowest BCUT2D eigenvalue weighted by atomic mass is 10.0. The summed E-state index contributed by atoms with van der Waals surface area (Å²) in [6, 6.07) is 15.5. The van der Waals surface area contributed by atoms with E-state index in [9.17, 15) is 46.3 Å². The Hall–Kier alpha value is -7.01. The number of thiophene rings is 1. The molecule has 22 heteroatoms. The highest BCUT2D eigenvalue weighted by Gasteiger charge is 2.45. The van der Waals surface area contributed by atoms with Crippen molar-refractivity contribution in [2.75, 3.05) is 75.7 Å². The van der Waals surface area contributed by atoms with Crippen LogP contribution < -0.4 is 31.7 Å². The van der Waals surface area contributed by atoms with E-state index >= 15 is 0 Å². The molecule has 1 unspecified atom stereocenters. The molecule has 1 fully saturated rings. The van der Waals surface area contributed by atoms with E-state index in [1.807, 2.05) is 0 Å². The standard InChI is InChI=1S/C46H45F4N7O10S/c47-27-8-10-28(11-9-27)54-42(61)40-39(51)38-31(46(48,49)50)24-33(55-43(38)68-40)26-6-12-29(13-7-26)67-25-36(59)53-17-3-19-65-21-23-66-22-20-64-18-2-16-52-32-5-1-4-30-37(32)45(63)57(44(30)62)34-14-15-35(58)56-41(34)60/h1,4-13,24,34,52H,2-3,14-23,25,51H2,(H,53,59)(H,54,61)(H,56,58,60). The van der Waals surface area contributed by atoms with E-state index in [1.54, 1.807) is 12.1 Å². The van der Waals surface area contributed by atoms with Gasteiger partial charge >= 0.3 is 6.18 Å². The minimum Gasteiger partial charge on any atom is -0.484 e. The Bertz CT molecular complexity index is 2680. The Kier molecular flexibility index (Phi) is 16.0. The number of carbonyl (C=O) groups is 6. The van der Waals surface area contributed by atoms with Crippen LogP contribution in [-0.4, -0.2) is 111 Å². The van der Waals surface area contributed by atoms with E-state index in [4.69, 9.17) is 24.7 Å². The van der Waals surface area contributed by atoms with E-state index in [1.165, 1.54) is 42.5 Å². The fraction of sp³-hybridized carbons (Fsp3) is 0.326. The maximum Gasteiger partial charge on any atom is 0.417 e. The molecule has 6 amide bonds. The summed E-state index contributed by atoms with van der Waals surface area (Å²) in [6.07, 6.45) is -3.59. The number of fused-ring (bicyclic) bond motifs is 2. The molecule has 4 heterocycles. The summed E-state index contributed by atoms with van der Waals surface area (Å²) in [5, 5.41) is 10.2. The van der Waals surface area contributed by atoms with Gasteiger partial charge in [-0.05, 0) is 86.0 Å². The third-order valence-corrected chi connectivity index (χ3v) is 11.7. The number of halogens is 4. The third-order valence-electron chi connectivity index (χ3n) is 10.6. The molecule has 0 aliphatic carbocycles. The van der Waals surface area contributed by atoms with Crippen LogP contribution in [-0.2, 0) is 34.8 Å². The number of nitrogen functional groups attached to an aromatic ring is 1. The van der Waals surface area contributed by atoms with Gasteiger partial charge < -0.3 is 40.6 Å². The van der Waals surface area contributed by atoms with Gasteiger partial charge in [-0.15, -0.1) is 11.3 Å². The second-order valence-corrected chi connectivity index (χ2v) is 16.3. The average Bonchev–Trinajstić information content (AvgIpc) is 3.78. The molecule has 0 radical (unpaired) electrons. The van der Waals surface area contributed by atoms with Crippen molar-refractivity contribution < 1.29 is 65.3 Å². The highest BCUT2D eigenvalue weighted by Crippen LogP contribution is 2.44. The second kappa shape index (κ2) is 22.2. The molecule has 68 heavy (non-hydrogen) atoms.